The van der Waals surface area contributed by atoms with Crippen LogP contribution >= 0.6 is 0 Å². The van der Waals surface area contributed by atoms with E-state index in [1.165, 1.54) is 0 Å². The summed E-state index contributed by atoms with van der Waals surface area (Å²) in [6, 6.07) is 0. The van der Waals surface area contributed by atoms with Gasteiger partial charge in [-0.05, 0) is 10.4 Å². The van der Waals surface area contributed by atoms with Crippen LogP contribution in [0.1, 0.15) is 0 Å². The first kappa shape index (κ1) is 8.13. The molecule has 0 aliphatic carbocycles. The maximum absolute atomic E-state index is 11.4. The molecule has 1 aliphatic heterocycles. The Bertz CT molecular complexity index is 101. The van der Waals surface area contributed by atoms with Crippen LogP contribution in [0.4, 0.5) is 4.39 Å². The van der Waals surface area contributed by atoms with E-state index in [1.807, 2.05) is 0 Å². The molecule has 0 aromatic carbocycles. The van der Waals surface area contributed by atoms with Crippen LogP contribution in [-0.2, 0) is 0 Å². The molecule has 0 amide bonds. The van der Waals surface area contributed by atoms with E-state index in [2.05, 4.69) is 20.7 Å². The van der Waals surface area contributed by atoms with E-state index >= 15 is 0 Å². The van der Waals surface area contributed by atoms with Crippen molar-refractivity contribution in [1.29, 1.82) is 0 Å². The van der Waals surface area contributed by atoms with Crippen molar-refractivity contribution < 1.29 is 4.39 Å². The molecule has 0 N–H and O–H groups in total. The Kier molecular flexibility index (Phi) is 4.12. The van der Waals surface area contributed by atoms with E-state index in [1.54, 1.807) is 0 Å². The van der Waals surface area contributed by atoms with Crippen molar-refractivity contribution in [3.05, 3.63) is 0 Å². The first-order valence-electron chi connectivity index (χ1n) is 1.79. The van der Waals surface area contributed by atoms with Crippen LogP contribution in [0, 0.1) is 0 Å². The molecule has 0 radical (unpaired) electrons. The average Bonchev–Trinajstić information content (AvgIpc) is 2.14. The minimum atomic E-state index is -0.653. The second-order valence-electron chi connectivity index (χ2n) is 1.04. The summed E-state index contributed by atoms with van der Waals surface area (Å²) in [7, 11) is 0. The van der Waals surface area contributed by atoms with Crippen LogP contribution < -0.4 is 0 Å². The predicted octanol–water partition coefficient (Wildman–Crippen LogP) is 0.466. The average molecular weight is 126 g/mol. The predicted molar refractivity (Wildman–Crippen MR) is 26.6 cm³/mol. The monoisotopic (exact) mass is 126 g/mol. The van der Waals surface area contributed by atoms with Gasteiger partial charge in [0.2, 0.25) is 6.17 Å². The van der Waals surface area contributed by atoms with Gasteiger partial charge in [-0.25, -0.2) is 4.39 Å². The van der Waals surface area contributed by atoms with Gasteiger partial charge in [-0.2, -0.15) is 0 Å². The SMILES string of the molecule is FCC1N=NN=N1.[NaH]. The van der Waals surface area contributed by atoms with E-state index in [9.17, 15) is 4.39 Å². The zero-order chi connectivity index (χ0) is 5.11. The van der Waals surface area contributed by atoms with E-state index in [0.29, 0.717) is 0 Å². The van der Waals surface area contributed by atoms with Gasteiger partial charge in [-0.15, -0.1) is 10.2 Å². The number of hydrogen-bond acceptors (Lipinski definition) is 4. The first-order valence-corrected chi connectivity index (χ1v) is 1.79. The number of hydrogen-bond donors (Lipinski definition) is 0. The van der Waals surface area contributed by atoms with Crippen LogP contribution in [0.15, 0.2) is 20.7 Å². The van der Waals surface area contributed by atoms with Crippen LogP contribution in [0.25, 0.3) is 0 Å². The van der Waals surface area contributed by atoms with E-state index in [4.69, 9.17) is 0 Å². The summed E-state index contributed by atoms with van der Waals surface area (Å²) in [4.78, 5) is 0. The second kappa shape index (κ2) is 4.05. The van der Waals surface area contributed by atoms with Gasteiger partial charge in [0.05, 0.1) is 0 Å². The summed E-state index contributed by atoms with van der Waals surface area (Å²) >= 11 is 0. The standard InChI is InChI=1S/C2H3FN4.Na.H/c3-1-2-4-6-7-5-2;;/h2H,1H2;;. The molecule has 1 rings (SSSR count). The first-order chi connectivity index (χ1) is 3.43. The molecule has 40 valence electrons. The Hall–Kier alpha value is 0.130. The molecule has 4 nitrogen and oxygen atoms in total. The Morgan fingerprint density at radius 1 is 1.25 bits per heavy atom. The Morgan fingerprint density at radius 3 is 2.00 bits per heavy atom. The molecule has 0 saturated carbocycles. The molecule has 8 heavy (non-hydrogen) atoms. The fourth-order valence-electron chi connectivity index (χ4n) is 0.250. The zero-order valence-corrected chi connectivity index (χ0v) is 3.45. The van der Waals surface area contributed by atoms with Crippen molar-refractivity contribution in [3.8, 4) is 0 Å². The fraction of sp³-hybridized carbons (Fsp3) is 1.00. The zero-order valence-electron chi connectivity index (χ0n) is 3.45. The molecule has 0 unspecified atom stereocenters. The summed E-state index contributed by atoms with van der Waals surface area (Å²) < 4.78 is 11.4. The molecule has 0 fully saturated rings. The molecule has 1 aliphatic rings. The molecule has 0 bridgehead atoms. The van der Waals surface area contributed by atoms with Gasteiger partial charge in [-0.3, -0.25) is 0 Å². The molecule has 0 atom stereocenters. The summed E-state index contributed by atoms with van der Waals surface area (Å²) in [6.07, 6.45) is -0.653. The minimum absolute atomic E-state index is 0. The van der Waals surface area contributed by atoms with Crippen LogP contribution in [0.3, 0.4) is 0 Å². The summed E-state index contributed by atoms with van der Waals surface area (Å²) in [5.74, 6) is 0. The Balaban J connectivity index is 0.000000490. The van der Waals surface area contributed by atoms with Gasteiger partial charge >= 0.3 is 29.6 Å². The van der Waals surface area contributed by atoms with E-state index < -0.39 is 12.8 Å². The Labute approximate surface area is 67.5 Å². The number of halogens is 1. The number of rotatable bonds is 1. The molecule has 6 heteroatoms. The van der Waals surface area contributed by atoms with Crippen LogP contribution in [0.2, 0.25) is 0 Å². The number of nitrogens with zero attached hydrogens (tertiary/aromatic N) is 4. The normalized spacial score (nSPS) is 16.6. The van der Waals surface area contributed by atoms with Crippen molar-refractivity contribution in [2.45, 2.75) is 6.17 Å². The van der Waals surface area contributed by atoms with Crippen LogP contribution in [-0.4, -0.2) is 42.4 Å². The van der Waals surface area contributed by atoms with Crippen molar-refractivity contribution in [1.82, 2.24) is 0 Å². The van der Waals surface area contributed by atoms with Crippen molar-refractivity contribution >= 4 is 29.6 Å². The van der Waals surface area contributed by atoms with E-state index in [0.717, 1.165) is 0 Å². The number of alkyl halides is 1. The van der Waals surface area contributed by atoms with Gasteiger partial charge in [0.25, 0.3) is 0 Å². The Morgan fingerprint density at radius 2 is 1.75 bits per heavy atom. The molecule has 0 saturated heterocycles. The van der Waals surface area contributed by atoms with Gasteiger partial charge in [0.15, 0.2) is 0 Å². The maximum atomic E-state index is 11.4. The van der Waals surface area contributed by atoms with Crippen LogP contribution in [0.5, 0.6) is 0 Å². The molecule has 0 aromatic heterocycles. The quantitative estimate of drug-likeness (QED) is 0.458. The van der Waals surface area contributed by atoms with Crippen molar-refractivity contribution in [2.75, 3.05) is 6.67 Å². The van der Waals surface area contributed by atoms with Gasteiger partial charge in [-0.1, -0.05) is 0 Å². The van der Waals surface area contributed by atoms with Crippen molar-refractivity contribution in [3.63, 3.8) is 0 Å². The molecule has 0 spiro atoms. The third-order valence-electron chi connectivity index (χ3n) is 0.548. The third kappa shape index (κ3) is 1.94. The topological polar surface area (TPSA) is 49.4 Å². The molecule has 0 aromatic rings. The molecule has 1 heterocycles. The summed E-state index contributed by atoms with van der Waals surface area (Å²) in [5.41, 5.74) is 0. The second-order valence-corrected chi connectivity index (χ2v) is 1.04. The van der Waals surface area contributed by atoms with Gasteiger partial charge in [0.1, 0.15) is 6.67 Å². The molecular weight excluding hydrogens is 122 g/mol. The van der Waals surface area contributed by atoms with Gasteiger partial charge in [0, 0.05) is 0 Å². The summed E-state index contributed by atoms with van der Waals surface area (Å²) in [6.45, 7) is -0.604. The van der Waals surface area contributed by atoms with Crippen molar-refractivity contribution in [2.24, 2.45) is 20.7 Å². The third-order valence-corrected chi connectivity index (χ3v) is 0.548. The fourth-order valence-corrected chi connectivity index (χ4v) is 0.250. The van der Waals surface area contributed by atoms with E-state index in [-0.39, 0.29) is 29.6 Å². The summed E-state index contributed by atoms with van der Waals surface area (Å²) in [5, 5.41) is 12.7. The molecular formula is C2H4FN4Na. The van der Waals surface area contributed by atoms with Gasteiger partial charge < -0.3 is 0 Å².